The third-order valence-electron chi connectivity index (χ3n) is 5.53. The van der Waals surface area contributed by atoms with Gasteiger partial charge in [-0.05, 0) is 41.5 Å². The zero-order valence-electron chi connectivity index (χ0n) is 17.8. The van der Waals surface area contributed by atoms with Gasteiger partial charge < -0.3 is 14.5 Å². The molecular formula is C25H24FN3O3. The molecule has 2 aromatic carbocycles. The highest BCUT2D eigenvalue weighted by Crippen LogP contribution is 2.29. The summed E-state index contributed by atoms with van der Waals surface area (Å²) in [6, 6.07) is 17.1. The monoisotopic (exact) mass is 433 g/mol. The van der Waals surface area contributed by atoms with Crippen LogP contribution in [0.4, 0.5) is 10.1 Å². The van der Waals surface area contributed by atoms with E-state index in [1.165, 1.54) is 12.1 Å². The van der Waals surface area contributed by atoms with Crippen molar-refractivity contribution in [1.82, 2.24) is 9.88 Å². The molecule has 1 fully saturated rings. The fourth-order valence-corrected chi connectivity index (χ4v) is 3.89. The zero-order valence-corrected chi connectivity index (χ0v) is 17.8. The first-order valence-corrected chi connectivity index (χ1v) is 10.4. The Bertz CT molecular complexity index is 1090. The number of ether oxygens (including phenoxy) is 1. The molecule has 0 spiro atoms. The van der Waals surface area contributed by atoms with E-state index < -0.39 is 5.92 Å². The second kappa shape index (κ2) is 9.60. The van der Waals surface area contributed by atoms with Gasteiger partial charge in [-0.1, -0.05) is 24.3 Å². The molecule has 0 radical (unpaired) electrons. The van der Waals surface area contributed by atoms with Crippen LogP contribution in [0.5, 0.6) is 5.75 Å². The Morgan fingerprint density at radius 2 is 1.91 bits per heavy atom. The molecule has 32 heavy (non-hydrogen) atoms. The lowest BCUT2D eigenvalue weighted by atomic mass is 10.1. The number of anilines is 1. The minimum atomic E-state index is -0.467. The van der Waals surface area contributed by atoms with E-state index in [4.69, 9.17) is 4.74 Å². The van der Waals surface area contributed by atoms with Crippen molar-refractivity contribution < 1.29 is 18.7 Å². The van der Waals surface area contributed by atoms with Crippen molar-refractivity contribution in [2.45, 2.75) is 19.5 Å². The Kier molecular flexibility index (Phi) is 6.44. The van der Waals surface area contributed by atoms with Crippen LogP contribution < -0.4 is 9.64 Å². The molecule has 4 rings (SSSR count). The summed E-state index contributed by atoms with van der Waals surface area (Å²) in [6.45, 7) is 0.976. The normalized spacial score (nSPS) is 15.6. The van der Waals surface area contributed by atoms with Crippen molar-refractivity contribution >= 4 is 17.5 Å². The number of rotatable bonds is 7. The predicted octanol–water partition coefficient (Wildman–Crippen LogP) is 3.81. The Morgan fingerprint density at radius 3 is 2.62 bits per heavy atom. The number of carbonyl (C=O) groups is 2. The van der Waals surface area contributed by atoms with Crippen LogP contribution in [0.1, 0.15) is 17.5 Å². The fourth-order valence-electron chi connectivity index (χ4n) is 3.89. The SMILES string of the molecule is COc1cccc(N2CC(C(=O)N(Cc3ccc(F)cc3)Cc3cccnc3)CC2=O)c1. The molecule has 1 atom stereocenters. The molecule has 6 nitrogen and oxygen atoms in total. The highest BCUT2D eigenvalue weighted by atomic mass is 19.1. The van der Waals surface area contributed by atoms with Gasteiger partial charge in [-0.3, -0.25) is 14.6 Å². The van der Waals surface area contributed by atoms with E-state index in [2.05, 4.69) is 4.98 Å². The van der Waals surface area contributed by atoms with Gasteiger partial charge in [0.1, 0.15) is 11.6 Å². The van der Waals surface area contributed by atoms with Gasteiger partial charge in [0.15, 0.2) is 0 Å². The average Bonchev–Trinajstić information content (AvgIpc) is 3.22. The van der Waals surface area contributed by atoms with E-state index in [0.29, 0.717) is 31.1 Å². The second-order valence-corrected chi connectivity index (χ2v) is 7.79. The Morgan fingerprint density at radius 1 is 1.12 bits per heavy atom. The van der Waals surface area contributed by atoms with E-state index in [0.717, 1.165) is 11.1 Å². The highest BCUT2D eigenvalue weighted by Gasteiger charge is 2.37. The molecule has 3 aromatic rings. The number of benzene rings is 2. The molecule has 0 bridgehead atoms. The fraction of sp³-hybridized carbons (Fsp3) is 0.240. The lowest BCUT2D eigenvalue weighted by Crippen LogP contribution is -2.36. The average molecular weight is 433 g/mol. The lowest BCUT2D eigenvalue weighted by molar-refractivity contribution is -0.137. The summed E-state index contributed by atoms with van der Waals surface area (Å²) in [5.41, 5.74) is 2.41. The predicted molar refractivity (Wildman–Crippen MR) is 118 cm³/mol. The topological polar surface area (TPSA) is 62.7 Å². The van der Waals surface area contributed by atoms with E-state index in [1.807, 2.05) is 30.3 Å². The summed E-state index contributed by atoms with van der Waals surface area (Å²) in [7, 11) is 1.57. The van der Waals surface area contributed by atoms with Crippen LogP contribution in [0.2, 0.25) is 0 Å². The number of amides is 2. The molecule has 7 heteroatoms. The van der Waals surface area contributed by atoms with Gasteiger partial charge in [0.25, 0.3) is 0 Å². The summed E-state index contributed by atoms with van der Waals surface area (Å²) in [6.07, 6.45) is 3.54. The molecule has 2 amide bonds. The number of nitrogens with zero attached hydrogens (tertiary/aromatic N) is 3. The zero-order chi connectivity index (χ0) is 22.5. The van der Waals surface area contributed by atoms with Gasteiger partial charge in [-0.15, -0.1) is 0 Å². The van der Waals surface area contributed by atoms with Gasteiger partial charge >= 0.3 is 0 Å². The van der Waals surface area contributed by atoms with Crippen molar-refractivity contribution in [1.29, 1.82) is 0 Å². The molecule has 0 saturated carbocycles. The summed E-state index contributed by atoms with van der Waals surface area (Å²) < 4.78 is 18.6. The van der Waals surface area contributed by atoms with Crippen molar-refractivity contribution in [3.05, 3.63) is 90.0 Å². The van der Waals surface area contributed by atoms with Gasteiger partial charge in [-0.2, -0.15) is 0 Å². The van der Waals surface area contributed by atoms with Crippen molar-refractivity contribution in [3.63, 3.8) is 0 Å². The molecule has 1 aliphatic rings. The first-order chi connectivity index (χ1) is 15.5. The van der Waals surface area contributed by atoms with Gasteiger partial charge in [0, 0.05) is 50.2 Å². The third-order valence-corrected chi connectivity index (χ3v) is 5.53. The highest BCUT2D eigenvalue weighted by molar-refractivity contribution is 6.00. The molecule has 0 N–H and O–H groups in total. The van der Waals surface area contributed by atoms with E-state index in [-0.39, 0.29) is 24.1 Å². The maximum Gasteiger partial charge on any atom is 0.228 e. The number of methoxy groups -OCH3 is 1. The number of pyridine rings is 1. The summed E-state index contributed by atoms with van der Waals surface area (Å²) >= 11 is 0. The molecule has 1 aromatic heterocycles. The maximum atomic E-state index is 13.5. The molecule has 164 valence electrons. The van der Waals surface area contributed by atoms with E-state index >= 15 is 0 Å². The maximum absolute atomic E-state index is 13.5. The molecule has 0 aliphatic carbocycles. The second-order valence-electron chi connectivity index (χ2n) is 7.79. The summed E-state index contributed by atoms with van der Waals surface area (Å²) in [4.78, 5) is 33.7. The minimum absolute atomic E-state index is 0.0975. The molecule has 1 saturated heterocycles. The Labute approximate surface area is 186 Å². The van der Waals surface area contributed by atoms with Crippen LogP contribution >= 0.6 is 0 Å². The Balaban J connectivity index is 1.54. The largest absolute Gasteiger partial charge is 0.497 e. The van der Waals surface area contributed by atoms with Crippen LogP contribution in [-0.4, -0.2) is 35.4 Å². The number of hydrogen-bond acceptors (Lipinski definition) is 4. The first kappa shape index (κ1) is 21.5. The van der Waals surface area contributed by atoms with E-state index in [9.17, 15) is 14.0 Å². The van der Waals surface area contributed by atoms with Crippen LogP contribution in [0.3, 0.4) is 0 Å². The number of hydrogen-bond donors (Lipinski definition) is 0. The van der Waals surface area contributed by atoms with Crippen molar-refractivity contribution in [3.8, 4) is 5.75 Å². The third kappa shape index (κ3) is 4.94. The number of halogens is 1. The van der Waals surface area contributed by atoms with Gasteiger partial charge in [-0.25, -0.2) is 4.39 Å². The van der Waals surface area contributed by atoms with Crippen LogP contribution in [0.15, 0.2) is 73.1 Å². The standard InChI is InChI=1S/C25H24FN3O3/c1-32-23-6-2-5-22(13-23)29-17-20(12-24(29)30)25(31)28(16-19-4-3-11-27-14-19)15-18-7-9-21(26)10-8-18/h2-11,13-14,20H,12,15-17H2,1H3. The summed E-state index contributed by atoms with van der Waals surface area (Å²) in [5, 5.41) is 0. The quantitative estimate of drug-likeness (QED) is 0.569. The number of carbonyl (C=O) groups excluding carboxylic acids is 2. The minimum Gasteiger partial charge on any atom is -0.497 e. The Hall–Kier alpha value is -3.74. The molecule has 2 heterocycles. The van der Waals surface area contributed by atoms with E-state index in [1.54, 1.807) is 47.5 Å². The van der Waals surface area contributed by atoms with Crippen molar-refractivity contribution in [2.24, 2.45) is 5.92 Å². The van der Waals surface area contributed by atoms with Gasteiger partial charge in [0.05, 0.1) is 13.0 Å². The lowest BCUT2D eigenvalue weighted by Gasteiger charge is -2.26. The smallest absolute Gasteiger partial charge is 0.228 e. The molecule has 1 aliphatic heterocycles. The van der Waals surface area contributed by atoms with Crippen LogP contribution in [-0.2, 0) is 22.7 Å². The van der Waals surface area contributed by atoms with Crippen LogP contribution in [0.25, 0.3) is 0 Å². The number of aromatic nitrogens is 1. The molecular weight excluding hydrogens is 409 g/mol. The van der Waals surface area contributed by atoms with Crippen LogP contribution in [0, 0.1) is 11.7 Å². The first-order valence-electron chi connectivity index (χ1n) is 10.4. The summed E-state index contributed by atoms with van der Waals surface area (Å²) in [5.74, 6) is -0.351. The van der Waals surface area contributed by atoms with Gasteiger partial charge in [0.2, 0.25) is 11.8 Å². The van der Waals surface area contributed by atoms with Crippen molar-refractivity contribution in [2.75, 3.05) is 18.6 Å². The molecule has 1 unspecified atom stereocenters.